The van der Waals surface area contributed by atoms with Crippen molar-refractivity contribution in [1.82, 2.24) is 5.06 Å². The van der Waals surface area contributed by atoms with Crippen LogP contribution in [-0.2, 0) is 22.8 Å². The van der Waals surface area contributed by atoms with Crippen LogP contribution in [-0.4, -0.2) is 24.6 Å². The van der Waals surface area contributed by atoms with Gasteiger partial charge in [-0.1, -0.05) is 41.9 Å². The van der Waals surface area contributed by atoms with Crippen molar-refractivity contribution in [1.29, 1.82) is 0 Å². The number of rotatable bonds is 8. The number of hydroxylamine groups is 2. The van der Waals surface area contributed by atoms with Crippen molar-refractivity contribution >= 4 is 24.1 Å². The number of hydrogen-bond acceptors (Lipinski definition) is 4. The number of hydrogen-bond donors (Lipinski definition) is 0. The molecule has 0 radical (unpaired) electrons. The van der Waals surface area contributed by atoms with Gasteiger partial charge in [0.1, 0.15) is 18.2 Å². The Balaban J connectivity index is 0.00000385. The zero-order chi connectivity index (χ0) is 23.1. The van der Waals surface area contributed by atoms with E-state index in [1.54, 1.807) is 6.07 Å². The van der Waals surface area contributed by atoms with Gasteiger partial charge in [0.25, 0.3) is 6.09 Å². The minimum absolute atomic E-state index is 0. The van der Waals surface area contributed by atoms with Gasteiger partial charge in [0.15, 0.2) is 0 Å². The number of ether oxygens (including phenoxy) is 1. The summed E-state index contributed by atoms with van der Waals surface area (Å²) < 4.78 is 20.2. The molecule has 0 aliphatic carbocycles. The number of halogens is 2. The van der Waals surface area contributed by atoms with Gasteiger partial charge in [0.05, 0.1) is 6.54 Å². The van der Waals surface area contributed by atoms with Crippen molar-refractivity contribution in [2.45, 2.75) is 20.1 Å². The Morgan fingerprint density at radius 2 is 1.94 bits per heavy atom. The maximum absolute atomic E-state index is 14.5. The summed E-state index contributed by atoms with van der Waals surface area (Å²) in [6, 6.07) is 17.9. The molecule has 0 atom stereocenters. The SMILES string of the molecule is C[N-]C(=O)ON(C=O)Cc1ccc(OCc2cccc(-c3ccc(Cl)cc3C)c2)cc1F.[Na+]. The summed E-state index contributed by atoms with van der Waals surface area (Å²) in [6.45, 7) is 1.99. The van der Waals surface area contributed by atoms with E-state index in [1.165, 1.54) is 19.2 Å². The maximum Gasteiger partial charge on any atom is 1.00 e. The van der Waals surface area contributed by atoms with Crippen molar-refractivity contribution in [2.75, 3.05) is 7.05 Å². The van der Waals surface area contributed by atoms with Gasteiger partial charge in [-0.15, -0.1) is 7.05 Å². The molecule has 0 saturated carbocycles. The Kier molecular flexibility index (Phi) is 10.2. The topological polar surface area (TPSA) is 69.9 Å². The van der Waals surface area contributed by atoms with E-state index in [4.69, 9.17) is 16.3 Å². The van der Waals surface area contributed by atoms with Crippen molar-refractivity contribution < 1.29 is 53.1 Å². The summed E-state index contributed by atoms with van der Waals surface area (Å²) >= 11 is 6.05. The first-order valence-corrected chi connectivity index (χ1v) is 10.1. The zero-order valence-electron chi connectivity index (χ0n) is 18.5. The van der Waals surface area contributed by atoms with Crippen molar-refractivity contribution in [2.24, 2.45) is 0 Å². The van der Waals surface area contributed by atoms with Crippen LogP contribution in [0.3, 0.4) is 0 Å². The summed E-state index contributed by atoms with van der Waals surface area (Å²) in [5.74, 6) is -0.262. The van der Waals surface area contributed by atoms with E-state index in [1.807, 2.05) is 49.4 Å². The number of benzene rings is 3. The van der Waals surface area contributed by atoms with E-state index in [0.717, 1.165) is 22.3 Å². The molecule has 33 heavy (non-hydrogen) atoms. The molecule has 0 aliphatic rings. The fourth-order valence-electron chi connectivity index (χ4n) is 3.09. The monoisotopic (exact) mass is 478 g/mol. The van der Waals surface area contributed by atoms with Crippen molar-refractivity contribution in [3.05, 3.63) is 93.5 Å². The molecule has 0 heterocycles. The van der Waals surface area contributed by atoms with Crippen LogP contribution in [0.15, 0.2) is 60.7 Å². The van der Waals surface area contributed by atoms with Gasteiger partial charge < -0.3 is 14.9 Å². The summed E-state index contributed by atoms with van der Waals surface area (Å²) in [5.41, 5.74) is 4.25. The molecule has 9 heteroatoms. The molecule has 0 aromatic heterocycles. The van der Waals surface area contributed by atoms with Crippen LogP contribution >= 0.6 is 11.6 Å². The van der Waals surface area contributed by atoms with Crippen LogP contribution in [0.25, 0.3) is 16.4 Å². The Morgan fingerprint density at radius 1 is 1.15 bits per heavy atom. The second-order valence-corrected chi connectivity index (χ2v) is 7.40. The third kappa shape index (κ3) is 7.47. The van der Waals surface area contributed by atoms with Gasteiger partial charge in [-0.05, 0) is 53.4 Å². The average molecular weight is 479 g/mol. The fraction of sp³-hybridized carbons (Fsp3) is 0.167. The average Bonchev–Trinajstić information content (AvgIpc) is 2.78. The summed E-state index contributed by atoms with van der Waals surface area (Å²) in [5, 5.41) is 4.61. The van der Waals surface area contributed by atoms with Crippen LogP contribution in [0.2, 0.25) is 5.02 Å². The molecular weight excluding hydrogens is 458 g/mol. The van der Waals surface area contributed by atoms with Crippen LogP contribution < -0.4 is 34.3 Å². The molecule has 0 fully saturated rings. The molecular formula is C24H21ClFN2NaO4. The standard InChI is InChI=1S/C24H22ClFN2O4.Na/c1-16-10-20(25)7-9-22(16)18-5-3-4-17(11-18)14-31-21-8-6-19(23(26)12-21)13-28(15-29)32-24(30)27-2;/h3-12,15H,13-14H2,1-2H3,(H,27,30);/q;+1/p-1. The molecule has 0 bridgehead atoms. The van der Waals surface area contributed by atoms with Gasteiger partial charge in [0.2, 0.25) is 6.41 Å². The Labute approximate surface area is 218 Å². The largest absolute Gasteiger partial charge is 1.00 e. The zero-order valence-corrected chi connectivity index (χ0v) is 21.3. The number of carbonyl (C=O) groups excluding carboxylic acids is 2. The fourth-order valence-corrected chi connectivity index (χ4v) is 3.32. The molecule has 0 saturated heterocycles. The minimum Gasteiger partial charge on any atom is -0.617 e. The molecule has 0 spiro atoms. The molecule has 0 unspecified atom stereocenters. The van der Waals surface area contributed by atoms with Gasteiger partial charge >= 0.3 is 29.6 Å². The summed E-state index contributed by atoms with van der Waals surface area (Å²) in [6.07, 6.45) is -0.670. The minimum atomic E-state index is -0.950. The van der Waals surface area contributed by atoms with E-state index < -0.39 is 11.9 Å². The smallest absolute Gasteiger partial charge is 0.617 e. The van der Waals surface area contributed by atoms with E-state index in [2.05, 4.69) is 10.2 Å². The van der Waals surface area contributed by atoms with Crippen molar-refractivity contribution in [3.63, 3.8) is 0 Å². The molecule has 3 rings (SSSR count). The van der Waals surface area contributed by atoms with Crippen LogP contribution in [0.1, 0.15) is 16.7 Å². The number of amides is 2. The Bertz CT molecular complexity index is 1130. The quantitative estimate of drug-likeness (QED) is 0.283. The molecule has 0 N–H and O–H groups in total. The number of carbonyl (C=O) groups is 2. The predicted octanol–water partition coefficient (Wildman–Crippen LogP) is 3.05. The van der Waals surface area contributed by atoms with Gasteiger partial charge in [-0.3, -0.25) is 9.59 Å². The predicted molar refractivity (Wildman–Crippen MR) is 120 cm³/mol. The van der Waals surface area contributed by atoms with E-state index in [0.29, 0.717) is 15.8 Å². The Morgan fingerprint density at radius 3 is 2.61 bits per heavy atom. The first-order chi connectivity index (χ1) is 15.4. The van der Waals surface area contributed by atoms with E-state index in [9.17, 15) is 14.0 Å². The maximum atomic E-state index is 14.5. The molecule has 3 aromatic carbocycles. The van der Waals surface area contributed by atoms with Gasteiger partial charge in [0, 0.05) is 16.7 Å². The second-order valence-electron chi connectivity index (χ2n) is 6.96. The first-order valence-electron chi connectivity index (χ1n) is 9.70. The molecule has 3 aromatic rings. The van der Waals surface area contributed by atoms with Gasteiger partial charge in [-0.2, -0.15) is 5.06 Å². The van der Waals surface area contributed by atoms with Crippen LogP contribution in [0, 0.1) is 12.7 Å². The van der Waals surface area contributed by atoms with Crippen LogP contribution in [0.4, 0.5) is 9.18 Å². The molecule has 2 amide bonds. The summed E-state index contributed by atoms with van der Waals surface area (Å²) in [4.78, 5) is 26.8. The second kappa shape index (κ2) is 12.6. The molecule has 0 aliphatic heterocycles. The van der Waals surface area contributed by atoms with E-state index in [-0.39, 0.29) is 54.7 Å². The Hall–Kier alpha value is -2.58. The summed E-state index contributed by atoms with van der Waals surface area (Å²) in [7, 11) is 1.23. The number of nitrogens with zero attached hydrogens (tertiary/aromatic N) is 2. The number of aryl methyl sites for hydroxylation is 1. The first kappa shape index (κ1) is 26.7. The van der Waals surface area contributed by atoms with Crippen molar-refractivity contribution in [3.8, 4) is 16.9 Å². The third-order valence-corrected chi connectivity index (χ3v) is 4.91. The van der Waals surface area contributed by atoms with E-state index >= 15 is 0 Å². The third-order valence-electron chi connectivity index (χ3n) is 4.68. The molecule has 166 valence electrons. The normalized spacial score (nSPS) is 10.1. The van der Waals surface area contributed by atoms with Gasteiger partial charge in [-0.25, -0.2) is 4.39 Å². The molecule has 6 nitrogen and oxygen atoms in total. The van der Waals surface area contributed by atoms with Crippen LogP contribution in [0.5, 0.6) is 5.75 Å².